The van der Waals surface area contributed by atoms with Crippen LogP contribution in [-0.2, 0) is 15.8 Å². The van der Waals surface area contributed by atoms with E-state index < -0.39 is 29.6 Å². The Bertz CT molecular complexity index is 600. The van der Waals surface area contributed by atoms with E-state index in [9.17, 15) is 28.0 Å². The van der Waals surface area contributed by atoms with Crippen molar-refractivity contribution < 1.29 is 28.0 Å². The zero-order chi connectivity index (χ0) is 19.7. The van der Waals surface area contributed by atoms with E-state index >= 15 is 0 Å². The number of hydrazine groups is 1. The van der Waals surface area contributed by atoms with Crippen molar-refractivity contribution in [2.75, 3.05) is 18.6 Å². The number of carbonyl (C=O) groups excluding carboxylic acids is 2. The van der Waals surface area contributed by atoms with Gasteiger partial charge in [0, 0.05) is 13.2 Å². The Morgan fingerprint density at radius 3 is 2.65 bits per heavy atom. The molecule has 0 aliphatic carbocycles. The topological polar surface area (TPSA) is 98.7 Å². The number of halogens is 3. The van der Waals surface area contributed by atoms with Gasteiger partial charge in [0.25, 0.3) is 0 Å². The van der Waals surface area contributed by atoms with Gasteiger partial charge in [-0.1, -0.05) is 26.2 Å². The smallest absolute Gasteiger partial charge is 0.286 e. The highest BCUT2D eigenvalue weighted by atomic mass is 19.4. The van der Waals surface area contributed by atoms with E-state index in [2.05, 4.69) is 15.4 Å². The van der Waals surface area contributed by atoms with E-state index in [1.54, 1.807) is 0 Å². The molecule has 1 heterocycles. The highest BCUT2D eigenvalue weighted by Gasteiger charge is 2.34. The number of rotatable bonds is 10. The quantitative estimate of drug-likeness (QED) is 0.280. The summed E-state index contributed by atoms with van der Waals surface area (Å²) in [6.07, 6.45) is -0.904. The lowest BCUT2D eigenvalue weighted by atomic mass is 10.00. The number of anilines is 1. The summed E-state index contributed by atoms with van der Waals surface area (Å²) in [7, 11) is 1.33. The molecule has 26 heavy (non-hydrogen) atoms. The van der Waals surface area contributed by atoms with Gasteiger partial charge in [-0.05, 0) is 12.5 Å². The van der Waals surface area contributed by atoms with Gasteiger partial charge in [0.15, 0.2) is 0 Å². The number of aromatic nitrogens is 2. The summed E-state index contributed by atoms with van der Waals surface area (Å²) in [6.45, 7) is 1.68. The SMILES string of the molecule is CCCCCC(CN(O)C=O)C(=O)N(NC)c1nccc(C(F)(F)F)n1. The van der Waals surface area contributed by atoms with Crippen molar-refractivity contribution in [3.05, 3.63) is 18.0 Å². The van der Waals surface area contributed by atoms with Gasteiger partial charge in [0.2, 0.25) is 18.3 Å². The Morgan fingerprint density at radius 1 is 1.42 bits per heavy atom. The Morgan fingerprint density at radius 2 is 2.12 bits per heavy atom. The van der Waals surface area contributed by atoms with Crippen LogP contribution in [0, 0.1) is 5.92 Å². The summed E-state index contributed by atoms with van der Waals surface area (Å²) in [5, 5.41) is 10.5. The van der Waals surface area contributed by atoms with Crippen LogP contribution in [0.15, 0.2) is 12.3 Å². The van der Waals surface area contributed by atoms with Gasteiger partial charge in [0.05, 0.1) is 12.5 Å². The van der Waals surface area contributed by atoms with E-state index in [-0.39, 0.29) is 13.0 Å². The van der Waals surface area contributed by atoms with Gasteiger partial charge < -0.3 is 0 Å². The van der Waals surface area contributed by atoms with E-state index in [4.69, 9.17) is 0 Å². The molecule has 2 N–H and O–H groups in total. The summed E-state index contributed by atoms with van der Waals surface area (Å²) < 4.78 is 38.5. The van der Waals surface area contributed by atoms with Gasteiger partial charge in [0.1, 0.15) is 5.69 Å². The number of hydrogen-bond acceptors (Lipinski definition) is 6. The second-order valence-electron chi connectivity index (χ2n) is 5.56. The summed E-state index contributed by atoms with van der Waals surface area (Å²) in [4.78, 5) is 30.5. The molecule has 0 saturated carbocycles. The summed E-state index contributed by atoms with van der Waals surface area (Å²) >= 11 is 0. The molecule has 0 fully saturated rings. The number of carbonyl (C=O) groups is 2. The molecule has 8 nitrogen and oxygen atoms in total. The fourth-order valence-electron chi connectivity index (χ4n) is 2.31. The van der Waals surface area contributed by atoms with Gasteiger partial charge in [-0.2, -0.15) is 13.2 Å². The standard InChI is InChI=1S/C15H22F3N5O3/c1-3-4-5-6-11(9-22(26)10-24)13(25)23(19-2)14-20-8-7-12(21-14)15(16,17)18/h7-8,10-11,19,26H,3-6,9H2,1-2H3. The normalized spacial score (nSPS) is 12.5. The van der Waals surface area contributed by atoms with Crippen LogP contribution in [0.2, 0.25) is 0 Å². The zero-order valence-electron chi connectivity index (χ0n) is 14.5. The Balaban J connectivity index is 3.06. The molecule has 1 atom stereocenters. The Kier molecular flexibility index (Phi) is 8.39. The molecule has 1 unspecified atom stereocenters. The minimum Gasteiger partial charge on any atom is -0.286 e. The second-order valence-corrected chi connectivity index (χ2v) is 5.56. The molecule has 0 aliphatic heterocycles. The zero-order valence-corrected chi connectivity index (χ0v) is 14.5. The van der Waals surface area contributed by atoms with Crippen molar-refractivity contribution in [1.29, 1.82) is 0 Å². The van der Waals surface area contributed by atoms with Crippen LogP contribution < -0.4 is 10.4 Å². The number of amides is 2. The molecule has 1 rings (SSSR count). The third-order valence-corrected chi connectivity index (χ3v) is 3.61. The number of hydrogen-bond donors (Lipinski definition) is 2. The number of nitrogens with zero attached hydrogens (tertiary/aromatic N) is 4. The highest BCUT2D eigenvalue weighted by Crippen LogP contribution is 2.28. The third kappa shape index (κ3) is 6.23. The molecule has 0 aliphatic rings. The van der Waals surface area contributed by atoms with Gasteiger partial charge >= 0.3 is 6.18 Å². The predicted molar refractivity (Wildman–Crippen MR) is 85.8 cm³/mol. The monoisotopic (exact) mass is 377 g/mol. The molecule has 0 aromatic carbocycles. The van der Waals surface area contributed by atoms with E-state index in [1.165, 1.54) is 7.05 Å². The molecular weight excluding hydrogens is 355 g/mol. The van der Waals surface area contributed by atoms with Crippen LogP contribution in [0.25, 0.3) is 0 Å². The van der Waals surface area contributed by atoms with E-state index in [0.29, 0.717) is 24.0 Å². The molecule has 11 heteroatoms. The minimum absolute atomic E-state index is 0.157. The second kappa shape index (κ2) is 10.0. The van der Waals surface area contributed by atoms with Crippen molar-refractivity contribution in [2.24, 2.45) is 5.92 Å². The molecular formula is C15H22F3N5O3. The Hall–Kier alpha value is -2.27. The highest BCUT2D eigenvalue weighted by molar-refractivity contribution is 5.92. The number of nitrogens with one attached hydrogen (secondary N) is 1. The van der Waals surface area contributed by atoms with Crippen LogP contribution in [0.1, 0.15) is 38.3 Å². The molecule has 1 aromatic heterocycles. The van der Waals surface area contributed by atoms with E-state index in [0.717, 1.165) is 24.0 Å². The first-order chi connectivity index (χ1) is 12.2. The molecule has 0 bridgehead atoms. The lowest BCUT2D eigenvalue weighted by Gasteiger charge is -2.26. The maximum absolute atomic E-state index is 12.8. The molecule has 0 spiro atoms. The summed E-state index contributed by atoms with van der Waals surface area (Å²) in [5.41, 5.74) is 1.28. The van der Waals surface area contributed by atoms with Crippen molar-refractivity contribution >= 4 is 18.3 Å². The molecule has 2 amide bonds. The maximum Gasteiger partial charge on any atom is 0.433 e. The maximum atomic E-state index is 12.8. The van der Waals surface area contributed by atoms with E-state index in [1.807, 2.05) is 6.92 Å². The van der Waals surface area contributed by atoms with Crippen LogP contribution in [0.5, 0.6) is 0 Å². The summed E-state index contributed by atoms with van der Waals surface area (Å²) in [5.74, 6) is -1.95. The molecule has 1 aromatic rings. The molecule has 0 radical (unpaired) electrons. The number of hydroxylamine groups is 2. The van der Waals surface area contributed by atoms with Gasteiger partial charge in [-0.25, -0.2) is 25.5 Å². The van der Waals surface area contributed by atoms with Crippen molar-refractivity contribution in [2.45, 2.75) is 38.8 Å². The van der Waals surface area contributed by atoms with Crippen molar-refractivity contribution in [3.8, 4) is 0 Å². The largest absolute Gasteiger partial charge is 0.433 e. The fourth-order valence-corrected chi connectivity index (χ4v) is 2.31. The van der Waals surface area contributed by atoms with Gasteiger partial charge in [-0.3, -0.25) is 14.8 Å². The number of unbranched alkanes of at least 4 members (excludes halogenated alkanes) is 2. The van der Waals surface area contributed by atoms with Crippen LogP contribution in [0.4, 0.5) is 19.1 Å². The molecule has 146 valence electrons. The van der Waals surface area contributed by atoms with Crippen LogP contribution in [0.3, 0.4) is 0 Å². The minimum atomic E-state index is -4.68. The summed E-state index contributed by atoms with van der Waals surface area (Å²) in [6, 6.07) is 0.697. The lowest BCUT2D eigenvalue weighted by Crippen LogP contribution is -2.48. The first-order valence-electron chi connectivity index (χ1n) is 8.07. The fraction of sp³-hybridized carbons (Fsp3) is 0.600. The lowest BCUT2D eigenvalue weighted by molar-refractivity contribution is -0.154. The predicted octanol–water partition coefficient (Wildman–Crippen LogP) is 2.01. The van der Waals surface area contributed by atoms with Crippen molar-refractivity contribution in [3.63, 3.8) is 0 Å². The van der Waals surface area contributed by atoms with Crippen LogP contribution >= 0.6 is 0 Å². The first-order valence-corrected chi connectivity index (χ1v) is 8.07. The van der Waals surface area contributed by atoms with Crippen molar-refractivity contribution in [1.82, 2.24) is 20.5 Å². The van der Waals surface area contributed by atoms with Gasteiger partial charge in [-0.15, -0.1) is 0 Å². The first kappa shape index (κ1) is 21.8. The average Bonchev–Trinajstić information content (AvgIpc) is 2.61. The average molecular weight is 377 g/mol. The third-order valence-electron chi connectivity index (χ3n) is 3.61. The molecule has 0 saturated heterocycles. The van der Waals surface area contributed by atoms with Crippen LogP contribution in [-0.4, -0.2) is 46.1 Å². The Labute approximate surface area is 148 Å². The number of alkyl halides is 3.